The van der Waals surface area contributed by atoms with Gasteiger partial charge in [-0.05, 0) is 29.8 Å². The minimum Gasteiger partial charge on any atom is -0.850 e. The predicted octanol–water partition coefficient (Wildman–Crippen LogP) is 9.36. The molecule has 3 saturated heterocycles. The van der Waals surface area contributed by atoms with Gasteiger partial charge >= 0.3 is 88.4 Å². The molecule has 0 amide bonds. The van der Waals surface area contributed by atoms with Crippen molar-refractivity contribution in [1.82, 2.24) is 0 Å². The summed E-state index contributed by atoms with van der Waals surface area (Å²) in [6, 6.07) is 0. The fraction of sp³-hybridized carbons (Fsp3) is 1.00. The maximum atomic E-state index is 12.0. The Labute approximate surface area is 481 Å². The quantitative estimate of drug-likeness (QED) is 0.0245. The zero-order valence-corrected chi connectivity index (χ0v) is 40.7. The fourth-order valence-corrected chi connectivity index (χ4v) is 1.80. The van der Waals surface area contributed by atoms with Crippen molar-refractivity contribution in [2.24, 2.45) is 0 Å². The van der Waals surface area contributed by atoms with E-state index < -0.39 is 89.0 Å². The molecule has 0 bridgehead atoms. The second kappa shape index (κ2) is 61.0. The number of aliphatic hydroxyl groups is 3. The molecular weight excluding hydrogens is 1160 g/mol. The molecule has 0 spiro atoms. The predicted molar refractivity (Wildman–Crippen MR) is 236 cm³/mol. The van der Waals surface area contributed by atoms with Gasteiger partial charge in [-0.15, -0.1) is 44.6 Å². The number of ether oxygens (including phenoxy) is 9. The molecule has 0 aromatic heterocycles. The summed E-state index contributed by atoms with van der Waals surface area (Å²) in [5, 5.41) is 33.0. The smallest absolute Gasteiger partial charge is 0.850 e. The zero-order valence-electron chi connectivity index (χ0n) is 36.8. The Bertz CT molecular complexity index is 1040. The molecule has 15 nitrogen and oxygen atoms in total. The molecule has 3 fully saturated rings. The van der Waals surface area contributed by atoms with Crippen molar-refractivity contribution in [3.63, 3.8) is 0 Å². The summed E-state index contributed by atoms with van der Waals surface area (Å²) < 4.78 is 262. The van der Waals surface area contributed by atoms with E-state index in [0.29, 0.717) is 25.2 Å². The van der Waals surface area contributed by atoms with Gasteiger partial charge in [-0.2, -0.15) is 35.1 Å². The topological polar surface area (TPSA) is 195 Å². The molecule has 3 atom stereocenters. The van der Waals surface area contributed by atoms with Crippen LogP contribution in [0.4, 0.5) is 88.1 Å². The van der Waals surface area contributed by atoms with Crippen LogP contribution >= 0.6 is 11.6 Å². The third kappa shape index (κ3) is 93.3. The van der Waals surface area contributed by atoms with Crippen molar-refractivity contribution < 1.29 is 212 Å². The molecule has 3 heterocycles. The second-order valence-corrected chi connectivity index (χ2v) is 13.2. The monoisotopic (exact) mass is 1250 g/mol. The Hall–Kier alpha value is -0.0736. The number of aliphatic hydroxyl groups excluding tert-OH is 2. The number of hydrogen-bond donors (Lipinski definition) is 3. The molecular formula is C39H84ClF20KO15. The van der Waals surface area contributed by atoms with Crippen LogP contribution in [0.15, 0.2) is 0 Å². The third-order valence-electron chi connectivity index (χ3n) is 4.18. The largest absolute Gasteiger partial charge is 1.00 e. The number of alkyl halides is 19. The van der Waals surface area contributed by atoms with E-state index in [1.165, 1.54) is 9.88 Å². The van der Waals surface area contributed by atoms with E-state index in [0.717, 1.165) is 19.8 Å². The van der Waals surface area contributed by atoms with Crippen LogP contribution in [0.1, 0.15) is 101 Å². The molecule has 478 valence electrons. The summed E-state index contributed by atoms with van der Waals surface area (Å²) in [6.45, 7) is 5.82. The van der Waals surface area contributed by atoms with Gasteiger partial charge in [-0.3, -0.25) is 9.47 Å². The van der Waals surface area contributed by atoms with Gasteiger partial charge in [0.15, 0.2) is 27.4 Å². The van der Waals surface area contributed by atoms with Crippen LogP contribution in [0.2, 0.25) is 0 Å². The van der Waals surface area contributed by atoms with Gasteiger partial charge in [0.25, 0.3) is 0 Å². The van der Waals surface area contributed by atoms with E-state index in [1.54, 1.807) is 41.5 Å². The Morgan fingerprint density at radius 1 is 0.513 bits per heavy atom. The maximum Gasteiger partial charge on any atom is 1.00 e. The summed E-state index contributed by atoms with van der Waals surface area (Å²) in [4.78, 5) is 2.87. The first-order valence-electron chi connectivity index (χ1n) is 17.4. The summed E-state index contributed by atoms with van der Waals surface area (Å²) in [7, 11) is 0. The van der Waals surface area contributed by atoms with Gasteiger partial charge in [0.1, 0.15) is 25.6 Å². The maximum absolute atomic E-state index is 12.0. The van der Waals surface area contributed by atoms with Crippen LogP contribution in [0.3, 0.4) is 0 Å². The molecule has 3 unspecified atom stereocenters. The molecule has 76 heavy (non-hydrogen) atoms. The fourth-order valence-electron chi connectivity index (χ4n) is 1.62. The van der Waals surface area contributed by atoms with Gasteiger partial charge in [-0.1, -0.05) is 80.2 Å². The van der Waals surface area contributed by atoms with E-state index >= 15 is 0 Å². The van der Waals surface area contributed by atoms with E-state index in [9.17, 15) is 93.2 Å². The van der Waals surface area contributed by atoms with Crippen LogP contribution in [0.5, 0.6) is 0 Å². The minimum absolute atomic E-state index is 0. The van der Waals surface area contributed by atoms with Crippen molar-refractivity contribution in [2.75, 3.05) is 92.9 Å². The third-order valence-corrected chi connectivity index (χ3v) is 4.52. The van der Waals surface area contributed by atoms with Crippen molar-refractivity contribution >= 4 is 11.6 Å². The van der Waals surface area contributed by atoms with E-state index in [1.807, 2.05) is 0 Å². The normalized spacial score (nSPS) is 15.4. The Morgan fingerprint density at radius 3 is 0.895 bits per heavy atom. The van der Waals surface area contributed by atoms with Gasteiger partial charge in [0.05, 0.1) is 63.8 Å². The van der Waals surface area contributed by atoms with Crippen molar-refractivity contribution in [3.8, 4) is 0 Å². The summed E-state index contributed by atoms with van der Waals surface area (Å²) >= 11 is 5.27. The van der Waals surface area contributed by atoms with E-state index in [2.05, 4.69) is 23.7 Å². The van der Waals surface area contributed by atoms with E-state index in [-0.39, 0.29) is 136 Å². The average molecular weight is 1250 g/mol. The summed E-state index contributed by atoms with van der Waals surface area (Å²) in [5.74, 6) is 0.667. The number of hydrogen-bond acceptors (Lipinski definition) is 15. The van der Waals surface area contributed by atoms with Gasteiger partial charge in [0.2, 0.25) is 0 Å². The second-order valence-electron chi connectivity index (χ2n) is 12.9. The van der Waals surface area contributed by atoms with Crippen LogP contribution in [-0.4, -0.2) is 175 Å². The Balaban J connectivity index is -0.0000000437. The molecule has 0 aromatic rings. The number of halogens is 21. The van der Waals surface area contributed by atoms with Crippen LogP contribution in [0.25, 0.3) is 0 Å². The first kappa shape index (κ1) is 115. The Morgan fingerprint density at radius 2 is 0.750 bits per heavy atom. The molecule has 3 aliphatic rings. The van der Waals surface area contributed by atoms with Gasteiger partial charge < -0.3 is 44.1 Å². The summed E-state index contributed by atoms with van der Waals surface area (Å²) in [6.07, 6.45) is -33.9. The van der Waals surface area contributed by atoms with Crippen LogP contribution in [-0.2, 0) is 52.5 Å². The zero-order chi connectivity index (χ0) is 54.4. The molecule has 0 aromatic carbocycles. The SMILES string of the molecule is C.C.C.C.C.C.C.C.CC(C)(C)O.CC(C)(C)[O-].ClCC1CO1.FCCOCC1CO1.FCOC(F)(F)OC(F)(F)C(F)(F)OF.FCOC(F)(F)OC(F)(F)C(F)(F)OF.FCOCC1CO1.OCCF.OCF.[K+]. The first-order valence-corrected chi connectivity index (χ1v) is 17.9. The van der Waals surface area contributed by atoms with Crippen molar-refractivity contribution in [3.05, 3.63) is 0 Å². The van der Waals surface area contributed by atoms with Crippen LogP contribution < -0.4 is 56.5 Å². The molecule has 0 saturated carbocycles. The molecule has 3 rings (SSSR count). The van der Waals surface area contributed by atoms with Crippen molar-refractivity contribution in [1.29, 1.82) is 0 Å². The van der Waals surface area contributed by atoms with Crippen molar-refractivity contribution in [2.45, 2.75) is 167 Å². The molecule has 3 aliphatic heterocycles. The molecule has 0 radical (unpaired) electrons. The minimum atomic E-state index is -6.04. The standard InChI is InChI=1S/C5H9FO2.2C4H2F8O3.C4H7FO2.C4H10O.C4H9O.C3H5ClO.C2H5FO.CH3FO.8CH4.K/c6-1-2-7-3-5-4-8-5;2*5-1-13-4(10,11)14-2(6,7)3(8,9)15-12;5-3-6-1-4-2-7-4;2*1-4(2,3)5;4-1-3-2-5-3;3-1-2-4;2-1-3;;;;;;;;;/h5H,1-4H2;2*1H2;4H,1-3H2;5H,1-3H3;1-3H3;3H,1-2H2;4H,1-2H2;3H,1H2;8*1H4;/q;;;;;-1;;;;;;;;;;;;+1. The van der Waals surface area contributed by atoms with Gasteiger partial charge in [-0.25, -0.2) is 35.8 Å². The molecule has 37 heteroatoms. The summed E-state index contributed by atoms with van der Waals surface area (Å²) in [5.41, 5.74) is -1.25. The first-order chi connectivity index (χ1) is 30.3. The van der Waals surface area contributed by atoms with E-state index in [4.69, 9.17) is 45.9 Å². The Kier molecular flexibility index (Phi) is 92.2. The average Bonchev–Trinajstić information content (AvgIpc) is 4.01. The van der Waals surface area contributed by atoms with Crippen LogP contribution in [0, 0.1) is 0 Å². The number of epoxide rings is 3. The molecule has 3 N–H and O–H groups in total. The number of rotatable bonds is 21. The molecule has 0 aliphatic carbocycles. The van der Waals surface area contributed by atoms with Gasteiger partial charge in [0, 0.05) is 0 Å².